The monoisotopic (exact) mass is 679 g/mol. The van der Waals surface area contributed by atoms with Crippen LogP contribution in [0.15, 0.2) is 48.8 Å². The molecule has 6 rings (SSSR count). The highest BCUT2D eigenvalue weighted by molar-refractivity contribution is 6.39. The van der Waals surface area contributed by atoms with Crippen LogP contribution in [-0.4, -0.2) is 93.1 Å². The summed E-state index contributed by atoms with van der Waals surface area (Å²) >= 11 is 14.0. The first-order valence-corrected chi connectivity index (χ1v) is 15.9. The van der Waals surface area contributed by atoms with Gasteiger partial charge in [-0.3, -0.25) is 19.7 Å². The lowest BCUT2D eigenvalue weighted by molar-refractivity contribution is -0.129. The normalized spacial score (nSPS) is 17.3. The maximum Gasteiger partial charge on any atom is 0.237 e. The number of hydrogen-bond donors (Lipinski definition) is 4. The number of aliphatic hydroxyl groups excluding tert-OH is 1. The Bertz CT molecular complexity index is 1790. The molecule has 0 spiro atoms. The molecule has 0 aliphatic carbocycles. The van der Waals surface area contributed by atoms with Gasteiger partial charge in [-0.25, -0.2) is 9.97 Å². The fraction of sp³-hybridized carbons (Fsp3) is 0.364. The number of rotatable bonds is 12. The third-order valence-corrected chi connectivity index (χ3v) is 9.14. The Morgan fingerprint density at radius 3 is 2.02 bits per heavy atom. The number of hydrogen-bond acceptors (Lipinski definition) is 11. The highest BCUT2D eigenvalue weighted by Crippen LogP contribution is 2.42. The van der Waals surface area contributed by atoms with Crippen molar-refractivity contribution in [2.75, 3.05) is 40.5 Å². The molecule has 0 radical (unpaired) electrons. The number of aliphatic hydroxyl groups is 2. The van der Waals surface area contributed by atoms with Crippen molar-refractivity contribution in [3.8, 4) is 45.4 Å². The van der Waals surface area contributed by atoms with Gasteiger partial charge < -0.3 is 30.3 Å². The smallest absolute Gasteiger partial charge is 0.237 e. The zero-order valence-corrected chi connectivity index (χ0v) is 27.5. The molecule has 4 N–H and O–H groups in total. The third-order valence-electron chi connectivity index (χ3n) is 8.32. The number of β-amino-alcohol motifs (C(OH)–C–C–N with tert-alkyl or cyclic N) is 1. The second kappa shape index (κ2) is 14.1. The maximum atomic E-state index is 11.5. The lowest BCUT2D eigenvalue weighted by Crippen LogP contribution is -2.63. The van der Waals surface area contributed by atoms with Crippen molar-refractivity contribution in [1.82, 2.24) is 35.5 Å². The van der Waals surface area contributed by atoms with E-state index in [1.165, 1.54) is 7.11 Å². The van der Waals surface area contributed by atoms with Crippen LogP contribution in [0.2, 0.25) is 10.0 Å². The SMILES string of the molecule is COc1nc(-c2cccc(-c3cccc(-c4cnc(CN5CC(O)(CO)C5)c(OC)n4)c3Cl)c2Cl)cnc1CNCC1CCC(=O)N1. The molecule has 1 atom stereocenters. The molecule has 2 saturated heterocycles. The van der Waals surface area contributed by atoms with Gasteiger partial charge in [-0.1, -0.05) is 59.6 Å². The number of amides is 1. The zero-order chi connectivity index (χ0) is 33.1. The van der Waals surface area contributed by atoms with Crippen molar-refractivity contribution < 1.29 is 24.5 Å². The first-order valence-electron chi connectivity index (χ1n) is 15.2. The Labute approximate surface area is 282 Å². The number of likely N-dealkylation sites (tertiary alicyclic amines) is 1. The lowest BCUT2D eigenvalue weighted by Gasteiger charge is -2.45. The molecule has 2 aliphatic heterocycles. The van der Waals surface area contributed by atoms with E-state index in [0.29, 0.717) is 106 Å². The van der Waals surface area contributed by atoms with Crippen LogP contribution in [-0.2, 0) is 17.9 Å². The van der Waals surface area contributed by atoms with E-state index in [9.17, 15) is 15.0 Å². The van der Waals surface area contributed by atoms with Gasteiger partial charge in [0.05, 0.1) is 54.7 Å². The molecule has 2 fully saturated rings. The summed E-state index contributed by atoms with van der Waals surface area (Å²) in [5.74, 6) is 0.800. The minimum absolute atomic E-state index is 0.0764. The van der Waals surface area contributed by atoms with E-state index < -0.39 is 5.60 Å². The molecular formula is C33H35Cl2N7O5. The summed E-state index contributed by atoms with van der Waals surface area (Å²) in [5.41, 5.74) is 3.95. The van der Waals surface area contributed by atoms with Gasteiger partial charge in [-0.2, -0.15) is 0 Å². The van der Waals surface area contributed by atoms with Crippen LogP contribution in [0.5, 0.6) is 11.8 Å². The zero-order valence-electron chi connectivity index (χ0n) is 26.0. The van der Waals surface area contributed by atoms with E-state index in [-0.39, 0.29) is 18.6 Å². The quantitative estimate of drug-likeness (QED) is 0.174. The number of methoxy groups -OCH3 is 2. The molecule has 246 valence electrons. The summed E-state index contributed by atoms with van der Waals surface area (Å²) in [5, 5.41) is 26.6. The Kier molecular flexibility index (Phi) is 9.88. The number of carbonyl (C=O) groups is 1. The van der Waals surface area contributed by atoms with Gasteiger partial charge in [0.1, 0.15) is 17.0 Å². The summed E-state index contributed by atoms with van der Waals surface area (Å²) < 4.78 is 11.1. The minimum Gasteiger partial charge on any atom is -0.480 e. The highest BCUT2D eigenvalue weighted by Gasteiger charge is 2.41. The molecule has 1 amide bonds. The number of benzene rings is 2. The van der Waals surface area contributed by atoms with E-state index in [2.05, 4.69) is 20.6 Å². The molecule has 4 heterocycles. The van der Waals surface area contributed by atoms with Crippen LogP contribution >= 0.6 is 23.2 Å². The van der Waals surface area contributed by atoms with Gasteiger partial charge in [-0.05, 0) is 6.42 Å². The van der Waals surface area contributed by atoms with E-state index in [0.717, 1.165) is 6.42 Å². The predicted octanol–water partition coefficient (Wildman–Crippen LogP) is 3.50. The van der Waals surface area contributed by atoms with Crippen LogP contribution in [0.1, 0.15) is 24.2 Å². The van der Waals surface area contributed by atoms with Crippen LogP contribution in [0, 0.1) is 0 Å². The number of nitrogens with one attached hydrogen (secondary N) is 2. The fourth-order valence-electron chi connectivity index (χ4n) is 5.89. The number of nitrogens with zero attached hydrogens (tertiary/aromatic N) is 5. The predicted molar refractivity (Wildman–Crippen MR) is 177 cm³/mol. The van der Waals surface area contributed by atoms with E-state index in [4.69, 9.17) is 42.6 Å². The molecular weight excluding hydrogens is 645 g/mol. The number of aromatic nitrogens is 4. The molecule has 2 aromatic heterocycles. The average Bonchev–Trinajstić information content (AvgIpc) is 3.49. The van der Waals surface area contributed by atoms with E-state index in [1.807, 2.05) is 41.3 Å². The molecule has 12 nitrogen and oxygen atoms in total. The molecule has 1 unspecified atom stereocenters. The summed E-state index contributed by atoms with van der Waals surface area (Å²) in [4.78, 5) is 32.0. The second-order valence-corrected chi connectivity index (χ2v) is 12.5. The van der Waals surface area contributed by atoms with Crippen molar-refractivity contribution in [1.29, 1.82) is 0 Å². The largest absolute Gasteiger partial charge is 0.480 e. The summed E-state index contributed by atoms with van der Waals surface area (Å²) in [6, 6.07) is 11.3. The van der Waals surface area contributed by atoms with Gasteiger partial charge in [0, 0.05) is 67.4 Å². The minimum atomic E-state index is -1.08. The molecule has 0 saturated carbocycles. The second-order valence-electron chi connectivity index (χ2n) is 11.7. The van der Waals surface area contributed by atoms with Crippen molar-refractivity contribution >= 4 is 29.1 Å². The van der Waals surface area contributed by atoms with Crippen molar-refractivity contribution in [3.05, 3.63) is 70.2 Å². The molecule has 4 aromatic rings. The van der Waals surface area contributed by atoms with E-state index in [1.54, 1.807) is 19.5 Å². The fourth-order valence-corrected chi connectivity index (χ4v) is 6.54. The van der Waals surface area contributed by atoms with Gasteiger partial charge >= 0.3 is 0 Å². The van der Waals surface area contributed by atoms with Crippen LogP contribution in [0.25, 0.3) is 33.6 Å². The Morgan fingerprint density at radius 2 is 1.49 bits per heavy atom. The van der Waals surface area contributed by atoms with Crippen molar-refractivity contribution in [2.45, 2.75) is 37.6 Å². The van der Waals surface area contributed by atoms with E-state index >= 15 is 0 Å². The lowest BCUT2D eigenvalue weighted by atomic mass is 9.95. The number of halogens is 2. The maximum absolute atomic E-state index is 11.5. The van der Waals surface area contributed by atoms with Gasteiger partial charge in [0.25, 0.3) is 0 Å². The first kappa shape index (κ1) is 33.0. The van der Waals surface area contributed by atoms with Crippen molar-refractivity contribution in [3.63, 3.8) is 0 Å². The summed E-state index contributed by atoms with van der Waals surface area (Å²) in [7, 11) is 3.07. The molecule has 14 heteroatoms. The number of carbonyl (C=O) groups excluding carboxylic acids is 1. The highest BCUT2D eigenvalue weighted by atomic mass is 35.5. The molecule has 0 bridgehead atoms. The third kappa shape index (κ3) is 7.03. The Hall–Kier alpha value is -3.91. The number of ether oxygens (including phenoxy) is 2. The molecule has 47 heavy (non-hydrogen) atoms. The Morgan fingerprint density at radius 1 is 0.936 bits per heavy atom. The molecule has 2 aliphatic rings. The van der Waals surface area contributed by atoms with Gasteiger partial charge in [-0.15, -0.1) is 0 Å². The summed E-state index contributed by atoms with van der Waals surface area (Å²) in [6.07, 6.45) is 4.66. The standard InChI is InChI=1S/C33H35Cl2N7O5/c1-46-31-26(12-36-11-19-9-10-28(44)39-19)37-13-24(40-31)22-7-3-5-20(29(22)34)21-6-4-8-23(30(21)35)25-14-38-27(32(41-25)47-2)15-42-16-33(45,17-42)18-43/h3-8,13-14,19,36,43,45H,9-12,15-18H2,1-2H3,(H,39,44). The Balaban J connectivity index is 1.23. The van der Waals surface area contributed by atoms with Gasteiger partial charge in [0.2, 0.25) is 17.7 Å². The van der Waals surface area contributed by atoms with Crippen LogP contribution in [0.4, 0.5) is 0 Å². The average molecular weight is 681 g/mol. The summed E-state index contributed by atoms with van der Waals surface area (Å²) in [6.45, 7) is 1.86. The topological polar surface area (TPSA) is 155 Å². The van der Waals surface area contributed by atoms with Crippen LogP contribution < -0.4 is 20.1 Å². The van der Waals surface area contributed by atoms with Gasteiger partial charge in [0.15, 0.2) is 0 Å². The first-order chi connectivity index (χ1) is 22.7. The van der Waals surface area contributed by atoms with Crippen molar-refractivity contribution in [2.24, 2.45) is 0 Å². The molecule has 2 aromatic carbocycles. The van der Waals surface area contributed by atoms with Crippen LogP contribution in [0.3, 0.4) is 0 Å².